The summed E-state index contributed by atoms with van der Waals surface area (Å²) in [6.07, 6.45) is 1.87. The van der Waals surface area contributed by atoms with Crippen LogP contribution in [0.5, 0.6) is 11.5 Å². The van der Waals surface area contributed by atoms with E-state index < -0.39 is 11.8 Å². The molecule has 0 atom stereocenters. The number of ether oxygens (including phenoxy) is 2. The molecule has 0 unspecified atom stereocenters. The molecule has 0 fully saturated rings. The molecule has 0 bridgehead atoms. The number of carbonyl (C=O) groups is 3. The third-order valence-corrected chi connectivity index (χ3v) is 5.13. The van der Waals surface area contributed by atoms with E-state index in [0.717, 1.165) is 5.56 Å². The van der Waals surface area contributed by atoms with Gasteiger partial charge in [0.2, 0.25) is 0 Å². The van der Waals surface area contributed by atoms with E-state index in [-0.39, 0.29) is 12.5 Å². The highest BCUT2D eigenvalue weighted by Crippen LogP contribution is 2.22. The van der Waals surface area contributed by atoms with Gasteiger partial charge in [-0.2, -0.15) is 5.10 Å². The van der Waals surface area contributed by atoms with E-state index in [1.807, 2.05) is 37.3 Å². The maximum absolute atomic E-state index is 12.3. The van der Waals surface area contributed by atoms with Gasteiger partial charge in [-0.25, -0.2) is 5.43 Å². The Balaban J connectivity index is 1.48. The molecule has 10 heteroatoms. The zero-order valence-corrected chi connectivity index (χ0v) is 21.0. The Morgan fingerprint density at radius 1 is 0.946 bits per heavy atom. The van der Waals surface area contributed by atoms with Crippen molar-refractivity contribution in [2.45, 2.75) is 13.3 Å². The predicted molar refractivity (Wildman–Crippen MR) is 142 cm³/mol. The first-order chi connectivity index (χ1) is 17.9. The van der Waals surface area contributed by atoms with Crippen molar-refractivity contribution in [1.82, 2.24) is 10.7 Å². The molecule has 3 rings (SSSR count). The van der Waals surface area contributed by atoms with Crippen molar-refractivity contribution in [3.8, 4) is 11.5 Å². The van der Waals surface area contributed by atoms with E-state index in [2.05, 4.69) is 21.2 Å². The van der Waals surface area contributed by atoms with Crippen molar-refractivity contribution in [2.24, 2.45) is 5.10 Å². The molecule has 3 N–H and O–H groups in total. The molecule has 192 valence electrons. The van der Waals surface area contributed by atoms with E-state index in [1.54, 1.807) is 42.5 Å². The number of hydrazone groups is 1. The molecule has 3 aromatic carbocycles. The SMILES string of the molecule is CCOc1ccc(NC(=O)COc2ccc(Cl)cc2/C=N\NC(=O)C(=O)NCCc2ccccc2)cc1. The predicted octanol–water partition coefficient (Wildman–Crippen LogP) is 3.57. The highest BCUT2D eigenvalue weighted by atomic mass is 35.5. The Hall–Kier alpha value is -4.37. The van der Waals surface area contributed by atoms with Crippen LogP contribution in [-0.2, 0) is 20.8 Å². The molecule has 0 saturated carbocycles. The van der Waals surface area contributed by atoms with Crippen LogP contribution in [0.3, 0.4) is 0 Å². The number of halogens is 1. The number of nitrogens with one attached hydrogen (secondary N) is 3. The van der Waals surface area contributed by atoms with Gasteiger partial charge >= 0.3 is 11.8 Å². The lowest BCUT2D eigenvalue weighted by Gasteiger charge is -2.10. The first kappa shape index (κ1) is 27.2. The van der Waals surface area contributed by atoms with Gasteiger partial charge in [0.1, 0.15) is 11.5 Å². The molecule has 9 nitrogen and oxygen atoms in total. The fraction of sp³-hybridized carbons (Fsp3) is 0.185. The largest absolute Gasteiger partial charge is 0.494 e. The number of hydrogen-bond donors (Lipinski definition) is 3. The average Bonchev–Trinajstić information content (AvgIpc) is 2.90. The Morgan fingerprint density at radius 2 is 1.70 bits per heavy atom. The van der Waals surface area contributed by atoms with Gasteiger partial charge in [0.15, 0.2) is 6.61 Å². The number of hydrogen-bond acceptors (Lipinski definition) is 6. The second-order valence-corrected chi connectivity index (χ2v) is 8.10. The van der Waals surface area contributed by atoms with Crippen molar-refractivity contribution in [3.63, 3.8) is 0 Å². The third-order valence-electron chi connectivity index (χ3n) is 4.90. The van der Waals surface area contributed by atoms with Gasteiger partial charge in [0.05, 0.1) is 12.8 Å². The summed E-state index contributed by atoms with van der Waals surface area (Å²) in [6, 6.07) is 21.3. The van der Waals surface area contributed by atoms with Crippen LogP contribution >= 0.6 is 11.6 Å². The number of anilines is 1. The summed E-state index contributed by atoms with van der Waals surface area (Å²) in [5.41, 5.74) is 4.22. The quantitative estimate of drug-likeness (QED) is 0.202. The summed E-state index contributed by atoms with van der Waals surface area (Å²) in [4.78, 5) is 36.3. The molecule has 0 aromatic heterocycles. The summed E-state index contributed by atoms with van der Waals surface area (Å²) in [5.74, 6) is -1.07. The van der Waals surface area contributed by atoms with Crippen molar-refractivity contribution in [2.75, 3.05) is 25.1 Å². The minimum absolute atomic E-state index is 0.272. The Labute approximate surface area is 219 Å². The summed E-state index contributed by atoms with van der Waals surface area (Å²) in [6.45, 7) is 2.48. The molecule has 0 heterocycles. The van der Waals surface area contributed by atoms with Crippen LogP contribution in [0, 0.1) is 0 Å². The summed E-state index contributed by atoms with van der Waals surface area (Å²) in [7, 11) is 0. The second kappa shape index (κ2) is 14.3. The van der Waals surface area contributed by atoms with Crippen molar-refractivity contribution in [3.05, 3.63) is 88.9 Å². The average molecular weight is 523 g/mol. The fourth-order valence-corrected chi connectivity index (χ4v) is 3.33. The molecule has 0 aliphatic rings. The van der Waals surface area contributed by atoms with Crippen molar-refractivity contribution in [1.29, 1.82) is 0 Å². The van der Waals surface area contributed by atoms with Gasteiger partial charge in [0.25, 0.3) is 5.91 Å². The zero-order valence-electron chi connectivity index (χ0n) is 20.2. The maximum Gasteiger partial charge on any atom is 0.329 e. The molecule has 0 aliphatic carbocycles. The van der Waals surface area contributed by atoms with Crippen LogP contribution in [-0.4, -0.2) is 43.7 Å². The number of amides is 3. The van der Waals surface area contributed by atoms with E-state index in [9.17, 15) is 14.4 Å². The van der Waals surface area contributed by atoms with Gasteiger partial charge in [-0.15, -0.1) is 0 Å². The number of benzene rings is 3. The highest BCUT2D eigenvalue weighted by Gasteiger charge is 2.12. The molecule has 37 heavy (non-hydrogen) atoms. The molecular weight excluding hydrogens is 496 g/mol. The number of carbonyl (C=O) groups excluding carboxylic acids is 3. The molecule has 3 aromatic rings. The lowest BCUT2D eigenvalue weighted by atomic mass is 10.1. The molecule has 0 aliphatic heterocycles. The van der Waals surface area contributed by atoms with Gasteiger partial charge in [0, 0.05) is 22.8 Å². The van der Waals surface area contributed by atoms with Crippen LogP contribution in [0.2, 0.25) is 5.02 Å². The standard InChI is InChI=1S/C27H27ClN4O5/c1-2-36-23-11-9-22(10-12-23)31-25(33)18-37-24-13-8-21(28)16-20(24)17-30-32-27(35)26(34)29-15-14-19-6-4-3-5-7-19/h3-13,16-17H,2,14-15,18H2,1H3,(H,29,34)(H,31,33)(H,32,35)/b30-17-. The Kier molecular flexibility index (Phi) is 10.5. The molecule has 0 spiro atoms. The Morgan fingerprint density at radius 3 is 2.43 bits per heavy atom. The normalized spacial score (nSPS) is 10.5. The molecular formula is C27H27ClN4O5. The minimum atomic E-state index is -0.913. The topological polar surface area (TPSA) is 118 Å². The summed E-state index contributed by atoms with van der Waals surface area (Å²) < 4.78 is 11.0. The first-order valence-corrected chi connectivity index (χ1v) is 11.9. The van der Waals surface area contributed by atoms with Gasteiger partial charge in [-0.3, -0.25) is 14.4 Å². The maximum atomic E-state index is 12.3. The van der Waals surface area contributed by atoms with Crippen molar-refractivity contribution < 1.29 is 23.9 Å². The van der Waals surface area contributed by atoms with E-state index in [4.69, 9.17) is 21.1 Å². The summed E-state index contributed by atoms with van der Waals surface area (Å²) in [5, 5.41) is 9.48. The minimum Gasteiger partial charge on any atom is -0.494 e. The van der Waals surface area contributed by atoms with Crippen LogP contribution in [0.25, 0.3) is 0 Å². The van der Waals surface area contributed by atoms with Crippen LogP contribution in [0.4, 0.5) is 5.69 Å². The summed E-state index contributed by atoms with van der Waals surface area (Å²) >= 11 is 6.06. The van der Waals surface area contributed by atoms with Crippen LogP contribution in [0.1, 0.15) is 18.1 Å². The van der Waals surface area contributed by atoms with Crippen LogP contribution < -0.4 is 25.5 Å². The van der Waals surface area contributed by atoms with E-state index in [1.165, 1.54) is 6.21 Å². The second-order valence-electron chi connectivity index (χ2n) is 7.67. The lowest BCUT2D eigenvalue weighted by molar-refractivity contribution is -0.139. The lowest BCUT2D eigenvalue weighted by Crippen LogP contribution is -2.38. The third kappa shape index (κ3) is 9.30. The first-order valence-electron chi connectivity index (χ1n) is 11.5. The Bertz CT molecular complexity index is 1230. The number of nitrogens with zero attached hydrogens (tertiary/aromatic N) is 1. The molecule has 0 saturated heterocycles. The van der Waals surface area contributed by atoms with Gasteiger partial charge < -0.3 is 20.1 Å². The van der Waals surface area contributed by atoms with Gasteiger partial charge in [-0.05, 0) is 61.4 Å². The number of rotatable bonds is 11. The monoisotopic (exact) mass is 522 g/mol. The molecule has 0 radical (unpaired) electrons. The molecule has 3 amide bonds. The smallest absolute Gasteiger partial charge is 0.329 e. The van der Waals surface area contributed by atoms with Crippen LogP contribution in [0.15, 0.2) is 77.9 Å². The fourth-order valence-electron chi connectivity index (χ4n) is 3.15. The zero-order chi connectivity index (χ0) is 26.5. The van der Waals surface area contributed by atoms with E-state index in [0.29, 0.717) is 47.3 Å². The van der Waals surface area contributed by atoms with Crippen molar-refractivity contribution >= 4 is 41.2 Å². The van der Waals surface area contributed by atoms with Gasteiger partial charge in [-0.1, -0.05) is 41.9 Å². The highest BCUT2D eigenvalue weighted by molar-refractivity contribution is 6.35. The van der Waals surface area contributed by atoms with E-state index >= 15 is 0 Å².